The predicted octanol–water partition coefficient (Wildman–Crippen LogP) is 0.917. The Hall–Kier alpha value is -0.920. The first-order valence-corrected chi connectivity index (χ1v) is 8.08. The van der Waals surface area contributed by atoms with Crippen molar-refractivity contribution in [3.8, 4) is 0 Å². The molecule has 1 aliphatic rings. The molecule has 1 saturated heterocycles. The number of aromatic nitrogens is 2. The van der Waals surface area contributed by atoms with Crippen molar-refractivity contribution in [2.75, 3.05) is 6.54 Å². The summed E-state index contributed by atoms with van der Waals surface area (Å²) in [5, 5.41) is 6.72. The molecule has 1 fully saturated rings. The molecule has 0 aliphatic carbocycles. The number of nitrogens with two attached hydrogens (primary N) is 1. The summed E-state index contributed by atoms with van der Waals surface area (Å²) in [6.07, 6.45) is 2.74. The largest absolute Gasteiger partial charge is 0.326 e. The third kappa shape index (κ3) is 2.54. The van der Waals surface area contributed by atoms with E-state index in [4.69, 9.17) is 5.73 Å². The van der Waals surface area contributed by atoms with E-state index in [0.717, 1.165) is 19.3 Å². The van der Waals surface area contributed by atoms with Gasteiger partial charge in [-0.05, 0) is 33.6 Å². The first-order chi connectivity index (χ1) is 8.85. The Bertz CT molecular complexity index is 531. The molecule has 0 radical (unpaired) electrons. The lowest BCUT2D eigenvalue weighted by Crippen LogP contribution is -2.51. The van der Waals surface area contributed by atoms with Crippen molar-refractivity contribution in [3.05, 3.63) is 11.4 Å². The number of nitrogens with zero attached hydrogens (tertiary/aromatic N) is 2. The van der Waals surface area contributed by atoms with Crippen LogP contribution in [0.3, 0.4) is 0 Å². The molecule has 1 aliphatic heterocycles. The third-order valence-corrected chi connectivity index (χ3v) is 5.92. The van der Waals surface area contributed by atoms with Crippen molar-refractivity contribution >= 4 is 10.0 Å². The SMILES string of the molecule is Cc1n[nH]c(C)c1S(=O)(=O)N1CCCC[C@H]1[C@H](C)N. The Morgan fingerprint density at radius 2 is 2.11 bits per heavy atom. The maximum absolute atomic E-state index is 12.8. The predicted molar refractivity (Wildman–Crippen MR) is 73.2 cm³/mol. The number of H-pyrrole nitrogens is 1. The van der Waals surface area contributed by atoms with Gasteiger partial charge in [0.05, 0.1) is 11.4 Å². The average Bonchev–Trinajstić information content (AvgIpc) is 2.69. The highest BCUT2D eigenvalue weighted by atomic mass is 32.2. The lowest BCUT2D eigenvalue weighted by molar-refractivity contribution is 0.227. The highest BCUT2D eigenvalue weighted by Crippen LogP contribution is 2.29. The first kappa shape index (κ1) is 14.5. The molecule has 2 heterocycles. The fourth-order valence-electron chi connectivity index (χ4n) is 2.79. The number of rotatable bonds is 3. The lowest BCUT2D eigenvalue weighted by atomic mass is 10.00. The van der Waals surface area contributed by atoms with Gasteiger partial charge in [0.15, 0.2) is 0 Å². The van der Waals surface area contributed by atoms with Gasteiger partial charge in [0.1, 0.15) is 4.90 Å². The van der Waals surface area contributed by atoms with Crippen LogP contribution in [0.25, 0.3) is 0 Å². The van der Waals surface area contributed by atoms with Gasteiger partial charge in [-0.25, -0.2) is 8.42 Å². The van der Waals surface area contributed by atoms with E-state index in [2.05, 4.69) is 10.2 Å². The number of aromatic amines is 1. The topological polar surface area (TPSA) is 92.1 Å². The zero-order valence-corrected chi connectivity index (χ0v) is 12.5. The second-order valence-electron chi connectivity index (χ2n) is 5.30. The van der Waals surface area contributed by atoms with Gasteiger partial charge in [-0.2, -0.15) is 9.40 Å². The molecule has 0 saturated carbocycles. The number of hydrogen-bond acceptors (Lipinski definition) is 4. The molecule has 1 aromatic rings. The first-order valence-electron chi connectivity index (χ1n) is 6.64. The van der Waals surface area contributed by atoms with Gasteiger partial charge in [-0.15, -0.1) is 0 Å². The third-order valence-electron chi connectivity index (χ3n) is 3.73. The number of sulfonamides is 1. The normalized spacial score (nSPS) is 23.5. The molecule has 0 aromatic carbocycles. The van der Waals surface area contributed by atoms with Crippen molar-refractivity contribution in [2.24, 2.45) is 5.73 Å². The minimum atomic E-state index is -3.51. The molecule has 6 nitrogen and oxygen atoms in total. The fourth-order valence-corrected chi connectivity index (χ4v) is 4.90. The van der Waals surface area contributed by atoms with E-state index in [1.165, 1.54) is 0 Å². The van der Waals surface area contributed by atoms with Gasteiger partial charge in [0, 0.05) is 18.6 Å². The summed E-state index contributed by atoms with van der Waals surface area (Å²) in [6.45, 7) is 5.85. The van der Waals surface area contributed by atoms with E-state index in [9.17, 15) is 8.42 Å². The molecule has 1 aromatic heterocycles. The molecule has 0 spiro atoms. The molecular formula is C12H22N4O2S. The van der Waals surface area contributed by atoms with Crippen LogP contribution in [0.15, 0.2) is 4.90 Å². The van der Waals surface area contributed by atoms with Crippen molar-refractivity contribution in [3.63, 3.8) is 0 Å². The molecule has 7 heteroatoms. The van der Waals surface area contributed by atoms with Crippen molar-refractivity contribution in [1.29, 1.82) is 0 Å². The fraction of sp³-hybridized carbons (Fsp3) is 0.750. The van der Waals surface area contributed by atoms with Crippen LogP contribution >= 0.6 is 0 Å². The van der Waals surface area contributed by atoms with Crippen molar-refractivity contribution in [1.82, 2.24) is 14.5 Å². The number of aryl methyl sites for hydroxylation is 2. The smallest absolute Gasteiger partial charge is 0.247 e. The lowest BCUT2D eigenvalue weighted by Gasteiger charge is -2.36. The van der Waals surface area contributed by atoms with Gasteiger partial charge in [-0.1, -0.05) is 6.42 Å². The maximum atomic E-state index is 12.8. The van der Waals surface area contributed by atoms with Crippen LogP contribution in [0, 0.1) is 13.8 Å². The number of nitrogens with one attached hydrogen (secondary N) is 1. The molecule has 0 bridgehead atoms. The van der Waals surface area contributed by atoms with Crippen molar-refractivity contribution in [2.45, 2.75) is 57.0 Å². The number of hydrogen-bond donors (Lipinski definition) is 2. The Morgan fingerprint density at radius 1 is 1.42 bits per heavy atom. The Kier molecular flexibility index (Phi) is 3.98. The molecule has 108 valence electrons. The van der Waals surface area contributed by atoms with E-state index in [-0.39, 0.29) is 12.1 Å². The van der Waals surface area contributed by atoms with Crippen LogP contribution in [0.4, 0.5) is 0 Å². The molecular weight excluding hydrogens is 264 g/mol. The van der Waals surface area contributed by atoms with E-state index >= 15 is 0 Å². The molecule has 2 rings (SSSR count). The van der Waals surface area contributed by atoms with Crippen LogP contribution in [-0.4, -0.2) is 41.5 Å². The monoisotopic (exact) mass is 286 g/mol. The summed E-state index contributed by atoms with van der Waals surface area (Å²) < 4.78 is 27.2. The molecule has 19 heavy (non-hydrogen) atoms. The Balaban J connectivity index is 2.43. The van der Waals surface area contributed by atoms with Crippen LogP contribution in [0.1, 0.15) is 37.6 Å². The van der Waals surface area contributed by atoms with Crippen LogP contribution in [0.5, 0.6) is 0 Å². The summed E-state index contributed by atoms with van der Waals surface area (Å²) in [5.41, 5.74) is 7.06. The Morgan fingerprint density at radius 3 is 2.63 bits per heavy atom. The Labute approximate surface area is 114 Å². The highest BCUT2D eigenvalue weighted by molar-refractivity contribution is 7.89. The van der Waals surface area contributed by atoms with Gasteiger partial charge in [0.2, 0.25) is 10.0 Å². The zero-order valence-electron chi connectivity index (χ0n) is 11.7. The van der Waals surface area contributed by atoms with E-state index in [1.54, 1.807) is 18.2 Å². The van der Waals surface area contributed by atoms with Crippen LogP contribution in [0.2, 0.25) is 0 Å². The van der Waals surface area contributed by atoms with E-state index in [0.29, 0.717) is 22.8 Å². The van der Waals surface area contributed by atoms with Gasteiger partial charge in [-0.3, -0.25) is 5.10 Å². The van der Waals surface area contributed by atoms with E-state index in [1.807, 2.05) is 6.92 Å². The minimum absolute atomic E-state index is 0.118. The molecule has 0 unspecified atom stereocenters. The van der Waals surface area contributed by atoms with Gasteiger partial charge in [0.25, 0.3) is 0 Å². The standard InChI is InChI=1S/C12H22N4O2S/c1-8(13)11-6-4-5-7-16(11)19(17,18)12-9(2)14-15-10(12)3/h8,11H,4-7,13H2,1-3H3,(H,14,15)/t8-,11-/m0/s1. The summed E-state index contributed by atoms with van der Waals surface area (Å²) >= 11 is 0. The summed E-state index contributed by atoms with van der Waals surface area (Å²) in [5.74, 6) is 0. The molecule has 0 amide bonds. The highest BCUT2D eigenvalue weighted by Gasteiger charge is 2.37. The maximum Gasteiger partial charge on any atom is 0.247 e. The summed E-state index contributed by atoms with van der Waals surface area (Å²) in [7, 11) is -3.51. The van der Waals surface area contributed by atoms with Crippen LogP contribution in [-0.2, 0) is 10.0 Å². The summed E-state index contributed by atoms with van der Waals surface area (Å²) in [6, 6.07) is -0.282. The average molecular weight is 286 g/mol. The summed E-state index contributed by atoms with van der Waals surface area (Å²) in [4.78, 5) is 0.306. The second-order valence-corrected chi connectivity index (χ2v) is 7.13. The number of piperidine rings is 1. The van der Waals surface area contributed by atoms with Crippen molar-refractivity contribution < 1.29 is 8.42 Å². The second kappa shape index (κ2) is 5.22. The van der Waals surface area contributed by atoms with E-state index < -0.39 is 10.0 Å². The minimum Gasteiger partial charge on any atom is -0.326 e. The van der Waals surface area contributed by atoms with Crippen LogP contribution < -0.4 is 5.73 Å². The zero-order chi connectivity index (χ0) is 14.2. The quantitative estimate of drug-likeness (QED) is 0.864. The van der Waals surface area contributed by atoms with Gasteiger partial charge >= 0.3 is 0 Å². The van der Waals surface area contributed by atoms with Gasteiger partial charge < -0.3 is 5.73 Å². The molecule has 3 N–H and O–H groups in total. The molecule has 2 atom stereocenters.